The molecule has 0 saturated heterocycles. The number of benzene rings is 1. The van der Waals surface area contributed by atoms with E-state index >= 15 is 0 Å². The van der Waals surface area contributed by atoms with Gasteiger partial charge in [-0.1, -0.05) is 23.8 Å². The van der Waals surface area contributed by atoms with Crippen molar-refractivity contribution >= 4 is 5.95 Å². The Bertz CT molecular complexity index is 706. The quantitative estimate of drug-likeness (QED) is 0.732. The normalized spacial score (nSPS) is 10.6. The van der Waals surface area contributed by atoms with Crippen molar-refractivity contribution in [1.82, 2.24) is 29.7 Å². The topological polar surface area (TPSA) is 95.4 Å². The van der Waals surface area contributed by atoms with E-state index in [1.807, 2.05) is 31.2 Å². The Hall–Kier alpha value is -2.83. The van der Waals surface area contributed by atoms with Crippen molar-refractivity contribution < 1.29 is 0 Å². The fourth-order valence-electron chi connectivity index (χ4n) is 1.71. The van der Waals surface area contributed by atoms with Gasteiger partial charge in [0, 0.05) is 5.56 Å². The number of aromatic nitrogens is 6. The third-order valence-corrected chi connectivity index (χ3v) is 2.54. The third-order valence-electron chi connectivity index (χ3n) is 2.54. The number of anilines is 1. The van der Waals surface area contributed by atoms with Crippen LogP contribution in [0.25, 0.3) is 17.3 Å². The molecule has 0 aliphatic heterocycles. The minimum absolute atomic E-state index is 0.150. The van der Waals surface area contributed by atoms with Crippen LogP contribution < -0.4 is 5.73 Å². The van der Waals surface area contributed by atoms with E-state index in [0.29, 0.717) is 11.8 Å². The highest BCUT2D eigenvalue weighted by molar-refractivity contribution is 5.57. The molecule has 1 aromatic carbocycles. The molecule has 3 rings (SSSR count). The molecule has 7 nitrogen and oxygen atoms in total. The number of nitrogens with two attached hydrogens (primary N) is 1. The molecule has 0 radical (unpaired) electrons. The third kappa shape index (κ3) is 2.25. The molecule has 2 N–H and O–H groups in total. The summed E-state index contributed by atoms with van der Waals surface area (Å²) in [6.45, 7) is 2.01. The lowest BCUT2D eigenvalue weighted by atomic mass is 10.1. The van der Waals surface area contributed by atoms with Crippen LogP contribution in [0, 0.1) is 6.92 Å². The lowest BCUT2D eigenvalue weighted by Gasteiger charge is -2.05. The van der Waals surface area contributed by atoms with E-state index in [1.165, 1.54) is 17.3 Å². The van der Waals surface area contributed by atoms with E-state index in [2.05, 4.69) is 25.0 Å². The Morgan fingerprint density at radius 2 is 2.05 bits per heavy atom. The molecule has 0 bridgehead atoms. The van der Waals surface area contributed by atoms with Crippen molar-refractivity contribution in [1.29, 1.82) is 0 Å². The Labute approximate surface area is 109 Å². The number of aryl methyl sites for hydroxylation is 1. The molecular weight excluding hydrogens is 242 g/mol. The lowest BCUT2D eigenvalue weighted by molar-refractivity contribution is 0.800. The molecule has 2 heterocycles. The number of hydrogen-bond acceptors (Lipinski definition) is 6. The fourth-order valence-corrected chi connectivity index (χ4v) is 1.71. The monoisotopic (exact) mass is 253 g/mol. The van der Waals surface area contributed by atoms with Crippen LogP contribution in [0.2, 0.25) is 0 Å². The number of hydrogen-bond donors (Lipinski definition) is 1. The first kappa shape index (κ1) is 11.3. The smallest absolute Gasteiger partial charge is 0.257 e. The summed E-state index contributed by atoms with van der Waals surface area (Å²) in [5, 5.41) is 3.98. The summed E-state index contributed by atoms with van der Waals surface area (Å²) in [4.78, 5) is 16.4. The van der Waals surface area contributed by atoms with Gasteiger partial charge in [-0.25, -0.2) is 4.98 Å². The Morgan fingerprint density at radius 1 is 1.16 bits per heavy atom. The first-order chi connectivity index (χ1) is 9.22. The van der Waals surface area contributed by atoms with Gasteiger partial charge in [-0.3, -0.25) is 0 Å². The summed E-state index contributed by atoms with van der Waals surface area (Å²) in [6.07, 6.45) is 2.92. The second kappa shape index (κ2) is 4.45. The Balaban J connectivity index is 2.12. The van der Waals surface area contributed by atoms with Gasteiger partial charge in [0.25, 0.3) is 5.95 Å². The van der Waals surface area contributed by atoms with Crippen LogP contribution in [-0.4, -0.2) is 29.7 Å². The molecule has 0 saturated carbocycles. The van der Waals surface area contributed by atoms with Crippen molar-refractivity contribution in [2.75, 3.05) is 5.73 Å². The van der Waals surface area contributed by atoms with Crippen LogP contribution in [0.5, 0.6) is 0 Å². The second-order valence-electron chi connectivity index (χ2n) is 4.03. The molecule has 0 aliphatic carbocycles. The van der Waals surface area contributed by atoms with Crippen LogP contribution in [0.15, 0.2) is 36.9 Å². The summed E-state index contributed by atoms with van der Waals surface area (Å²) < 4.78 is 1.44. The minimum Gasteiger partial charge on any atom is -0.368 e. The Kier molecular flexibility index (Phi) is 2.64. The summed E-state index contributed by atoms with van der Waals surface area (Å²) in [5.41, 5.74) is 7.73. The summed E-state index contributed by atoms with van der Waals surface area (Å²) in [5.74, 6) is 1.01. The van der Waals surface area contributed by atoms with E-state index in [9.17, 15) is 0 Å². The molecule has 0 unspecified atom stereocenters. The Morgan fingerprint density at radius 3 is 2.79 bits per heavy atom. The predicted octanol–water partition coefficient (Wildman–Crippen LogP) is 1.01. The first-order valence-electron chi connectivity index (χ1n) is 5.66. The maximum atomic E-state index is 5.72. The molecule has 7 heteroatoms. The number of nitrogen functional groups attached to an aromatic ring is 1. The van der Waals surface area contributed by atoms with Gasteiger partial charge in [0.05, 0.1) is 0 Å². The first-order valence-corrected chi connectivity index (χ1v) is 5.66. The van der Waals surface area contributed by atoms with Crippen LogP contribution >= 0.6 is 0 Å². The predicted molar refractivity (Wildman–Crippen MR) is 69.3 cm³/mol. The summed E-state index contributed by atoms with van der Waals surface area (Å²) >= 11 is 0. The van der Waals surface area contributed by atoms with E-state index in [0.717, 1.165) is 11.1 Å². The van der Waals surface area contributed by atoms with Gasteiger partial charge in [0.2, 0.25) is 5.95 Å². The molecule has 0 atom stereocenters. The molecular formula is C12H11N7. The molecule has 0 spiro atoms. The van der Waals surface area contributed by atoms with E-state index in [-0.39, 0.29) is 5.95 Å². The summed E-state index contributed by atoms with van der Waals surface area (Å²) in [6, 6.07) is 7.86. The van der Waals surface area contributed by atoms with Gasteiger partial charge in [0.1, 0.15) is 12.7 Å². The number of rotatable bonds is 2. The van der Waals surface area contributed by atoms with Gasteiger partial charge in [-0.05, 0) is 13.0 Å². The SMILES string of the molecule is Cc1cccc(-c2nc(N)nc(-n3cncn3)n2)c1. The maximum Gasteiger partial charge on any atom is 0.257 e. The molecule has 0 fully saturated rings. The molecule has 0 aliphatic rings. The highest BCUT2D eigenvalue weighted by Gasteiger charge is 2.08. The standard InChI is InChI=1S/C12H11N7/c1-8-3-2-4-9(5-8)10-16-11(13)18-12(17-10)19-7-14-6-15-19/h2-7H,1H3,(H2,13,16,17,18). The zero-order chi connectivity index (χ0) is 13.2. The molecule has 19 heavy (non-hydrogen) atoms. The number of nitrogens with zero attached hydrogens (tertiary/aromatic N) is 6. The van der Waals surface area contributed by atoms with Gasteiger partial charge >= 0.3 is 0 Å². The van der Waals surface area contributed by atoms with E-state index < -0.39 is 0 Å². The molecule has 94 valence electrons. The van der Waals surface area contributed by atoms with Gasteiger partial charge < -0.3 is 5.73 Å². The van der Waals surface area contributed by atoms with E-state index in [1.54, 1.807) is 0 Å². The maximum absolute atomic E-state index is 5.72. The highest BCUT2D eigenvalue weighted by Crippen LogP contribution is 2.17. The largest absolute Gasteiger partial charge is 0.368 e. The van der Waals surface area contributed by atoms with Gasteiger partial charge in [0.15, 0.2) is 5.82 Å². The molecule has 2 aromatic heterocycles. The summed E-state index contributed by atoms with van der Waals surface area (Å²) in [7, 11) is 0. The van der Waals surface area contributed by atoms with Crippen LogP contribution in [0.3, 0.4) is 0 Å². The average molecular weight is 253 g/mol. The molecule has 3 aromatic rings. The van der Waals surface area contributed by atoms with E-state index in [4.69, 9.17) is 5.73 Å². The van der Waals surface area contributed by atoms with Crippen molar-refractivity contribution in [2.24, 2.45) is 0 Å². The van der Waals surface area contributed by atoms with Crippen molar-refractivity contribution in [3.05, 3.63) is 42.5 Å². The van der Waals surface area contributed by atoms with Crippen LogP contribution in [-0.2, 0) is 0 Å². The van der Waals surface area contributed by atoms with Crippen LogP contribution in [0.4, 0.5) is 5.95 Å². The van der Waals surface area contributed by atoms with Crippen molar-refractivity contribution in [3.8, 4) is 17.3 Å². The fraction of sp³-hybridized carbons (Fsp3) is 0.0833. The molecule has 0 amide bonds. The van der Waals surface area contributed by atoms with Gasteiger partial charge in [-0.15, -0.1) is 0 Å². The zero-order valence-corrected chi connectivity index (χ0v) is 10.2. The van der Waals surface area contributed by atoms with Crippen molar-refractivity contribution in [3.63, 3.8) is 0 Å². The average Bonchev–Trinajstić information content (AvgIpc) is 2.92. The van der Waals surface area contributed by atoms with Crippen LogP contribution in [0.1, 0.15) is 5.56 Å². The minimum atomic E-state index is 0.150. The zero-order valence-electron chi connectivity index (χ0n) is 10.2. The lowest BCUT2D eigenvalue weighted by Crippen LogP contribution is -2.08. The highest BCUT2D eigenvalue weighted by atomic mass is 15.4. The second-order valence-corrected chi connectivity index (χ2v) is 4.03. The van der Waals surface area contributed by atoms with Crippen molar-refractivity contribution in [2.45, 2.75) is 6.92 Å². The van der Waals surface area contributed by atoms with Gasteiger partial charge in [-0.2, -0.15) is 24.7 Å².